The number of piperidine rings is 1. The number of rotatable bonds is 4. The molecule has 19 heavy (non-hydrogen) atoms. The van der Waals surface area contributed by atoms with Crippen LogP contribution in [-0.4, -0.2) is 29.4 Å². The molecule has 2 heterocycles. The quantitative estimate of drug-likeness (QED) is 0.882. The average molecular weight is 281 g/mol. The number of likely N-dealkylation sites (tertiary alicyclic amines) is 1. The van der Waals surface area contributed by atoms with Crippen molar-refractivity contribution in [1.29, 1.82) is 0 Å². The zero-order valence-electron chi connectivity index (χ0n) is 11.6. The van der Waals surface area contributed by atoms with E-state index in [0.29, 0.717) is 6.04 Å². The van der Waals surface area contributed by atoms with Crippen molar-refractivity contribution in [1.82, 2.24) is 4.90 Å². The van der Waals surface area contributed by atoms with Crippen molar-refractivity contribution < 1.29 is 4.79 Å². The van der Waals surface area contributed by atoms with Crippen molar-refractivity contribution in [3.8, 4) is 0 Å². The minimum absolute atomic E-state index is 0.0312. The maximum absolute atomic E-state index is 11.5. The summed E-state index contributed by atoms with van der Waals surface area (Å²) in [5, 5.41) is 4.22. The monoisotopic (exact) mass is 281 g/mol. The molecule has 0 bridgehead atoms. The number of carbonyl (C=O) groups excluding carboxylic acids is 1. The van der Waals surface area contributed by atoms with Crippen LogP contribution in [0.4, 0.5) is 0 Å². The van der Waals surface area contributed by atoms with E-state index < -0.39 is 0 Å². The Morgan fingerprint density at radius 1 is 1.53 bits per heavy atom. The summed E-state index contributed by atoms with van der Waals surface area (Å²) in [6.45, 7) is 4.96. The van der Waals surface area contributed by atoms with Crippen LogP contribution in [0.15, 0.2) is 16.8 Å². The average Bonchev–Trinajstić information content (AvgIpc) is 2.84. The molecule has 1 amide bonds. The molecule has 0 aliphatic carbocycles. The van der Waals surface area contributed by atoms with Crippen molar-refractivity contribution in [2.75, 3.05) is 6.54 Å². The number of nitrogens with two attached hydrogens (primary N) is 2. The molecule has 2 rings (SSSR count). The molecular weight excluding hydrogens is 258 g/mol. The molecule has 0 spiro atoms. The lowest BCUT2D eigenvalue weighted by Gasteiger charge is -2.43. The Kier molecular flexibility index (Phi) is 4.60. The summed E-state index contributed by atoms with van der Waals surface area (Å²) in [4.78, 5) is 13.8. The number of nitrogens with zero attached hydrogens (tertiary/aromatic N) is 1. The Balaban J connectivity index is 2.22. The first-order valence-electron chi connectivity index (χ1n) is 6.83. The molecule has 1 saturated heterocycles. The summed E-state index contributed by atoms with van der Waals surface area (Å²) < 4.78 is 0. The van der Waals surface area contributed by atoms with Crippen LogP contribution in [0.2, 0.25) is 0 Å². The van der Waals surface area contributed by atoms with Crippen LogP contribution < -0.4 is 11.5 Å². The third kappa shape index (κ3) is 3.16. The molecule has 1 fully saturated rings. The molecule has 1 aliphatic heterocycles. The molecule has 4 unspecified atom stereocenters. The van der Waals surface area contributed by atoms with Crippen LogP contribution in [0, 0.1) is 5.92 Å². The van der Waals surface area contributed by atoms with Gasteiger partial charge in [0.1, 0.15) is 0 Å². The van der Waals surface area contributed by atoms with Gasteiger partial charge in [-0.2, -0.15) is 11.3 Å². The molecule has 5 heteroatoms. The van der Waals surface area contributed by atoms with Gasteiger partial charge in [-0.15, -0.1) is 0 Å². The number of hydrogen-bond donors (Lipinski definition) is 2. The predicted molar refractivity (Wildman–Crippen MR) is 78.8 cm³/mol. The summed E-state index contributed by atoms with van der Waals surface area (Å²) in [7, 11) is 0. The Morgan fingerprint density at radius 2 is 2.26 bits per heavy atom. The van der Waals surface area contributed by atoms with E-state index in [-0.39, 0.29) is 23.9 Å². The molecule has 106 valence electrons. The third-order valence-electron chi connectivity index (χ3n) is 4.07. The van der Waals surface area contributed by atoms with Gasteiger partial charge < -0.3 is 11.5 Å². The van der Waals surface area contributed by atoms with Crippen LogP contribution in [0.1, 0.15) is 38.3 Å². The number of carbonyl (C=O) groups is 1. The molecule has 1 aliphatic rings. The maximum Gasteiger partial charge on any atom is 0.221 e. The molecule has 0 saturated carbocycles. The van der Waals surface area contributed by atoms with E-state index >= 15 is 0 Å². The summed E-state index contributed by atoms with van der Waals surface area (Å²) in [5.74, 6) is -0.235. The van der Waals surface area contributed by atoms with E-state index in [9.17, 15) is 4.79 Å². The largest absolute Gasteiger partial charge is 0.369 e. The van der Waals surface area contributed by atoms with Crippen molar-refractivity contribution in [2.24, 2.45) is 17.4 Å². The Labute approximate surface area is 118 Å². The van der Waals surface area contributed by atoms with E-state index in [2.05, 4.69) is 28.7 Å². The first-order chi connectivity index (χ1) is 9.00. The van der Waals surface area contributed by atoms with Gasteiger partial charge in [0.25, 0.3) is 0 Å². The van der Waals surface area contributed by atoms with Crippen LogP contribution in [0.25, 0.3) is 0 Å². The van der Waals surface area contributed by atoms with Crippen LogP contribution >= 0.6 is 11.3 Å². The van der Waals surface area contributed by atoms with Crippen molar-refractivity contribution >= 4 is 17.2 Å². The fraction of sp³-hybridized carbons (Fsp3) is 0.643. The minimum Gasteiger partial charge on any atom is -0.369 e. The third-order valence-corrected chi connectivity index (χ3v) is 4.77. The zero-order chi connectivity index (χ0) is 14.0. The Hall–Kier alpha value is -0.910. The predicted octanol–water partition coefficient (Wildman–Crippen LogP) is 1.72. The van der Waals surface area contributed by atoms with E-state index in [0.717, 1.165) is 19.4 Å². The van der Waals surface area contributed by atoms with E-state index in [1.165, 1.54) is 5.56 Å². The smallest absolute Gasteiger partial charge is 0.221 e. The summed E-state index contributed by atoms with van der Waals surface area (Å²) in [6.07, 6.45) is 1.89. The summed E-state index contributed by atoms with van der Waals surface area (Å²) in [6, 6.07) is 2.76. The zero-order valence-corrected chi connectivity index (χ0v) is 12.4. The van der Waals surface area contributed by atoms with E-state index in [1.54, 1.807) is 11.3 Å². The van der Waals surface area contributed by atoms with Gasteiger partial charge in [0.05, 0.1) is 12.0 Å². The lowest BCUT2D eigenvalue weighted by Crippen LogP contribution is -2.51. The van der Waals surface area contributed by atoms with E-state index in [4.69, 9.17) is 11.5 Å². The highest BCUT2D eigenvalue weighted by atomic mass is 32.1. The standard InChI is InChI=1S/C14H23N3OS/c1-9-3-4-11(14(16)18)7-17(9)13(10(2)15)12-5-6-19-8-12/h5-6,8-11,13H,3-4,7,15H2,1-2H3,(H2,16,18). The molecule has 4 nitrogen and oxygen atoms in total. The normalized spacial score (nSPS) is 27.9. The van der Waals surface area contributed by atoms with Gasteiger partial charge in [-0.05, 0) is 49.1 Å². The highest BCUT2D eigenvalue weighted by molar-refractivity contribution is 7.07. The second kappa shape index (κ2) is 6.03. The molecular formula is C14H23N3OS. The minimum atomic E-state index is -0.189. The number of hydrogen-bond acceptors (Lipinski definition) is 4. The highest BCUT2D eigenvalue weighted by Gasteiger charge is 2.35. The van der Waals surface area contributed by atoms with Crippen molar-refractivity contribution in [3.63, 3.8) is 0 Å². The second-order valence-electron chi connectivity index (χ2n) is 5.58. The summed E-state index contributed by atoms with van der Waals surface area (Å²) >= 11 is 1.68. The lowest BCUT2D eigenvalue weighted by atomic mass is 9.89. The van der Waals surface area contributed by atoms with Crippen LogP contribution in [0.3, 0.4) is 0 Å². The Morgan fingerprint density at radius 3 is 2.79 bits per heavy atom. The lowest BCUT2D eigenvalue weighted by molar-refractivity contribution is -0.124. The van der Waals surface area contributed by atoms with Gasteiger partial charge in [-0.3, -0.25) is 9.69 Å². The maximum atomic E-state index is 11.5. The fourth-order valence-corrected chi connectivity index (χ4v) is 3.68. The molecule has 0 aromatic carbocycles. The van der Waals surface area contributed by atoms with Gasteiger partial charge in [0, 0.05) is 18.6 Å². The first kappa shape index (κ1) is 14.5. The highest BCUT2D eigenvalue weighted by Crippen LogP contribution is 2.33. The molecule has 1 aromatic heterocycles. The van der Waals surface area contributed by atoms with Crippen molar-refractivity contribution in [3.05, 3.63) is 22.4 Å². The Bertz CT molecular complexity index is 418. The SMILES string of the molecule is CC(N)C(c1ccsc1)N1CC(C(N)=O)CCC1C. The second-order valence-corrected chi connectivity index (χ2v) is 6.36. The number of primary amides is 1. The molecule has 0 radical (unpaired) electrons. The van der Waals surface area contributed by atoms with Crippen LogP contribution in [-0.2, 0) is 4.79 Å². The van der Waals surface area contributed by atoms with Gasteiger partial charge >= 0.3 is 0 Å². The van der Waals surface area contributed by atoms with Gasteiger partial charge in [0.15, 0.2) is 0 Å². The van der Waals surface area contributed by atoms with Crippen molar-refractivity contribution in [2.45, 2.75) is 44.8 Å². The van der Waals surface area contributed by atoms with E-state index in [1.807, 2.05) is 6.92 Å². The van der Waals surface area contributed by atoms with Gasteiger partial charge in [0.2, 0.25) is 5.91 Å². The molecule has 1 aromatic rings. The fourth-order valence-electron chi connectivity index (χ4n) is 2.99. The molecule has 4 atom stereocenters. The number of thiophene rings is 1. The van der Waals surface area contributed by atoms with Gasteiger partial charge in [-0.25, -0.2) is 0 Å². The first-order valence-corrected chi connectivity index (χ1v) is 7.77. The summed E-state index contributed by atoms with van der Waals surface area (Å²) in [5.41, 5.74) is 12.9. The number of amides is 1. The molecule has 4 N–H and O–H groups in total. The van der Waals surface area contributed by atoms with Gasteiger partial charge in [-0.1, -0.05) is 0 Å². The topological polar surface area (TPSA) is 72.3 Å². The van der Waals surface area contributed by atoms with Crippen LogP contribution in [0.5, 0.6) is 0 Å².